The van der Waals surface area contributed by atoms with Crippen molar-refractivity contribution in [1.82, 2.24) is 14.9 Å². The van der Waals surface area contributed by atoms with E-state index in [4.69, 9.17) is 11.6 Å². The van der Waals surface area contributed by atoms with Crippen molar-refractivity contribution < 1.29 is 4.79 Å². The average molecular weight is 331 g/mol. The minimum absolute atomic E-state index is 0.0953. The van der Waals surface area contributed by atoms with Crippen LogP contribution in [0, 0.1) is 13.8 Å². The molecule has 1 aromatic heterocycles. The van der Waals surface area contributed by atoms with E-state index in [2.05, 4.69) is 46.5 Å². The smallest absolute Gasteiger partial charge is 0.245 e. The average Bonchev–Trinajstić information content (AvgIpc) is 2.82. The van der Waals surface area contributed by atoms with Crippen molar-refractivity contribution in [3.63, 3.8) is 0 Å². The first kappa shape index (κ1) is 15.7. The summed E-state index contributed by atoms with van der Waals surface area (Å²) in [5.74, 6) is 1.28. The molecule has 3 rings (SSSR count). The summed E-state index contributed by atoms with van der Waals surface area (Å²) in [4.78, 5) is 22.7. The molecule has 23 heavy (non-hydrogen) atoms. The van der Waals surface area contributed by atoms with Crippen LogP contribution in [-0.2, 0) is 11.3 Å². The number of nitrogens with one attached hydrogen (secondary N) is 1. The molecule has 1 fully saturated rings. The Hall–Kier alpha value is -2.14. The van der Waals surface area contributed by atoms with Crippen molar-refractivity contribution in [3.05, 3.63) is 52.4 Å². The Morgan fingerprint density at radius 3 is 2.70 bits per heavy atom. The van der Waals surface area contributed by atoms with Crippen LogP contribution >= 0.6 is 11.6 Å². The molecule has 2 heterocycles. The van der Waals surface area contributed by atoms with Gasteiger partial charge in [0, 0.05) is 19.2 Å². The van der Waals surface area contributed by atoms with E-state index in [1.54, 1.807) is 13.0 Å². The maximum atomic E-state index is 12.5. The van der Waals surface area contributed by atoms with E-state index in [1.165, 1.54) is 5.56 Å². The van der Waals surface area contributed by atoms with Crippen LogP contribution in [0.25, 0.3) is 0 Å². The number of hydrogen-bond acceptors (Lipinski definition) is 4. The van der Waals surface area contributed by atoms with Gasteiger partial charge in [-0.05, 0) is 25.8 Å². The Morgan fingerprint density at radius 1 is 1.26 bits per heavy atom. The number of hydrogen-bond donors (Lipinski definition) is 1. The molecule has 1 amide bonds. The van der Waals surface area contributed by atoms with Gasteiger partial charge < -0.3 is 10.2 Å². The monoisotopic (exact) mass is 330 g/mol. The SMILES string of the molecule is Cc1ccc(CN2CCC(Nc3cc(Cl)nc(C)n3)C2=O)cc1. The zero-order valence-electron chi connectivity index (χ0n) is 13.2. The summed E-state index contributed by atoms with van der Waals surface area (Å²) < 4.78 is 0. The third kappa shape index (κ3) is 3.79. The van der Waals surface area contributed by atoms with Gasteiger partial charge in [0.05, 0.1) is 0 Å². The molecule has 0 spiro atoms. The highest BCUT2D eigenvalue weighted by atomic mass is 35.5. The van der Waals surface area contributed by atoms with Crippen molar-refractivity contribution in [1.29, 1.82) is 0 Å². The molecule has 0 aliphatic carbocycles. The van der Waals surface area contributed by atoms with E-state index in [-0.39, 0.29) is 11.9 Å². The molecule has 5 nitrogen and oxygen atoms in total. The van der Waals surface area contributed by atoms with E-state index >= 15 is 0 Å². The van der Waals surface area contributed by atoms with E-state index in [0.717, 1.165) is 18.5 Å². The van der Waals surface area contributed by atoms with Crippen LogP contribution in [0.3, 0.4) is 0 Å². The lowest BCUT2D eigenvalue weighted by Crippen LogP contribution is -2.33. The Balaban J connectivity index is 1.65. The summed E-state index contributed by atoms with van der Waals surface area (Å²) >= 11 is 5.93. The van der Waals surface area contributed by atoms with Gasteiger partial charge in [-0.15, -0.1) is 0 Å². The third-order valence-electron chi connectivity index (χ3n) is 3.92. The second-order valence-electron chi connectivity index (χ2n) is 5.85. The topological polar surface area (TPSA) is 58.1 Å². The molecule has 0 saturated carbocycles. The van der Waals surface area contributed by atoms with E-state index in [1.807, 2.05) is 4.90 Å². The zero-order chi connectivity index (χ0) is 16.4. The van der Waals surface area contributed by atoms with Crippen LogP contribution in [0.4, 0.5) is 5.82 Å². The van der Waals surface area contributed by atoms with Crippen LogP contribution in [0.5, 0.6) is 0 Å². The number of nitrogens with zero attached hydrogens (tertiary/aromatic N) is 3. The predicted octanol–water partition coefficient (Wildman–Crippen LogP) is 2.96. The van der Waals surface area contributed by atoms with Gasteiger partial charge in [-0.2, -0.15) is 0 Å². The van der Waals surface area contributed by atoms with Gasteiger partial charge in [0.2, 0.25) is 5.91 Å². The van der Waals surface area contributed by atoms with Crippen LogP contribution in [0.15, 0.2) is 30.3 Å². The van der Waals surface area contributed by atoms with Gasteiger partial charge >= 0.3 is 0 Å². The summed E-state index contributed by atoms with van der Waals surface area (Å²) in [7, 11) is 0. The first-order chi connectivity index (χ1) is 11.0. The fraction of sp³-hybridized carbons (Fsp3) is 0.353. The Bertz CT molecular complexity index is 697. The number of anilines is 1. The normalized spacial score (nSPS) is 17.6. The quantitative estimate of drug-likeness (QED) is 0.876. The van der Waals surface area contributed by atoms with Gasteiger partial charge in [-0.25, -0.2) is 9.97 Å². The summed E-state index contributed by atoms with van der Waals surface area (Å²) in [6, 6.07) is 9.65. The van der Waals surface area contributed by atoms with Crippen LogP contribution in [0.2, 0.25) is 5.15 Å². The lowest BCUT2D eigenvalue weighted by atomic mass is 10.1. The largest absolute Gasteiger partial charge is 0.358 e. The highest BCUT2D eigenvalue weighted by Crippen LogP contribution is 2.20. The predicted molar refractivity (Wildman–Crippen MR) is 90.4 cm³/mol. The number of aryl methyl sites for hydroxylation is 2. The summed E-state index contributed by atoms with van der Waals surface area (Å²) in [5, 5.41) is 3.55. The molecule has 2 aromatic rings. The van der Waals surface area contributed by atoms with Crippen molar-refractivity contribution in [2.75, 3.05) is 11.9 Å². The van der Waals surface area contributed by atoms with Gasteiger partial charge in [0.25, 0.3) is 0 Å². The van der Waals surface area contributed by atoms with Gasteiger partial charge in [0.1, 0.15) is 22.8 Å². The second-order valence-corrected chi connectivity index (χ2v) is 6.24. The number of rotatable bonds is 4. The molecule has 1 unspecified atom stereocenters. The minimum Gasteiger partial charge on any atom is -0.358 e. The molecule has 1 aromatic carbocycles. The Morgan fingerprint density at radius 2 is 2.00 bits per heavy atom. The fourth-order valence-electron chi connectivity index (χ4n) is 2.73. The first-order valence-corrected chi connectivity index (χ1v) is 8.01. The van der Waals surface area contributed by atoms with Crippen molar-refractivity contribution >= 4 is 23.3 Å². The Labute approximate surface area is 140 Å². The molecule has 0 bridgehead atoms. The van der Waals surface area contributed by atoms with Gasteiger partial charge in [-0.1, -0.05) is 41.4 Å². The molecule has 6 heteroatoms. The van der Waals surface area contributed by atoms with E-state index in [9.17, 15) is 4.79 Å². The lowest BCUT2D eigenvalue weighted by Gasteiger charge is -2.17. The summed E-state index contributed by atoms with van der Waals surface area (Å²) in [6.07, 6.45) is 0.755. The molecule has 1 aliphatic heterocycles. The molecule has 1 atom stereocenters. The zero-order valence-corrected chi connectivity index (χ0v) is 14.0. The standard InChI is InChI=1S/C17H19ClN4O/c1-11-3-5-13(6-4-11)10-22-8-7-14(17(22)23)21-16-9-15(18)19-12(2)20-16/h3-6,9,14H,7-8,10H2,1-2H3,(H,19,20,21). The number of carbonyl (C=O) groups excluding carboxylic acids is 1. The minimum atomic E-state index is -0.259. The van der Waals surface area contributed by atoms with E-state index in [0.29, 0.717) is 23.3 Å². The molecular weight excluding hydrogens is 312 g/mol. The van der Waals surface area contributed by atoms with Crippen LogP contribution in [0.1, 0.15) is 23.4 Å². The molecule has 1 N–H and O–H groups in total. The third-order valence-corrected chi connectivity index (χ3v) is 4.11. The van der Waals surface area contributed by atoms with Crippen molar-refractivity contribution in [2.45, 2.75) is 32.9 Å². The number of carbonyl (C=O) groups is 1. The van der Waals surface area contributed by atoms with Crippen molar-refractivity contribution in [2.24, 2.45) is 0 Å². The number of benzene rings is 1. The first-order valence-electron chi connectivity index (χ1n) is 7.63. The van der Waals surface area contributed by atoms with Crippen LogP contribution in [-0.4, -0.2) is 33.4 Å². The number of halogens is 1. The number of aromatic nitrogens is 2. The molecule has 1 aliphatic rings. The maximum absolute atomic E-state index is 12.5. The molecule has 120 valence electrons. The number of amides is 1. The van der Waals surface area contributed by atoms with Gasteiger partial charge in [-0.3, -0.25) is 4.79 Å². The second kappa shape index (κ2) is 6.54. The van der Waals surface area contributed by atoms with E-state index < -0.39 is 0 Å². The Kier molecular flexibility index (Phi) is 4.48. The highest BCUT2D eigenvalue weighted by molar-refractivity contribution is 6.29. The summed E-state index contributed by atoms with van der Waals surface area (Å²) in [6.45, 7) is 5.21. The lowest BCUT2D eigenvalue weighted by molar-refractivity contribution is -0.128. The van der Waals surface area contributed by atoms with Crippen LogP contribution < -0.4 is 5.32 Å². The number of likely N-dealkylation sites (tertiary alicyclic amines) is 1. The maximum Gasteiger partial charge on any atom is 0.245 e. The highest BCUT2D eigenvalue weighted by Gasteiger charge is 2.31. The molecular formula is C17H19ClN4O. The molecule has 0 radical (unpaired) electrons. The fourth-order valence-corrected chi connectivity index (χ4v) is 2.95. The van der Waals surface area contributed by atoms with Crippen molar-refractivity contribution in [3.8, 4) is 0 Å². The van der Waals surface area contributed by atoms with Gasteiger partial charge in [0.15, 0.2) is 0 Å². The summed E-state index contributed by atoms with van der Waals surface area (Å²) in [5.41, 5.74) is 2.36. The molecule has 1 saturated heterocycles.